The van der Waals surface area contributed by atoms with Crippen LogP contribution in [-0.4, -0.2) is 41.6 Å². The lowest BCUT2D eigenvalue weighted by Crippen LogP contribution is -2.30. The van der Waals surface area contributed by atoms with Crippen LogP contribution < -0.4 is 4.74 Å². The van der Waals surface area contributed by atoms with Crippen LogP contribution in [0.4, 0.5) is 0 Å². The molecule has 4 nitrogen and oxygen atoms in total. The van der Waals surface area contributed by atoms with Crippen molar-refractivity contribution in [2.45, 2.75) is 32.6 Å². The van der Waals surface area contributed by atoms with Crippen molar-refractivity contribution < 1.29 is 4.74 Å². The van der Waals surface area contributed by atoms with E-state index in [4.69, 9.17) is 32.9 Å². The van der Waals surface area contributed by atoms with Gasteiger partial charge in [0.25, 0.3) is 0 Å². The fourth-order valence-electron chi connectivity index (χ4n) is 4.17. The molecule has 0 radical (unpaired) electrons. The molecule has 31 heavy (non-hydrogen) atoms. The molecule has 0 unspecified atom stereocenters. The highest BCUT2D eigenvalue weighted by molar-refractivity contribution is 6.33. The van der Waals surface area contributed by atoms with Gasteiger partial charge >= 0.3 is 0 Å². The van der Waals surface area contributed by atoms with Crippen molar-refractivity contribution in [3.05, 3.63) is 58.2 Å². The van der Waals surface area contributed by atoms with E-state index < -0.39 is 0 Å². The van der Waals surface area contributed by atoms with E-state index in [-0.39, 0.29) is 0 Å². The zero-order valence-electron chi connectivity index (χ0n) is 18.1. The number of rotatable bonds is 7. The number of H-pyrrole nitrogens is 1. The molecule has 1 aliphatic rings. The summed E-state index contributed by atoms with van der Waals surface area (Å²) >= 11 is 12.6. The molecule has 0 saturated carbocycles. The highest BCUT2D eigenvalue weighted by atomic mass is 35.5. The van der Waals surface area contributed by atoms with Gasteiger partial charge in [-0.25, -0.2) is 4.98 Å². The molecule has 0 atom stereocenters. The van der Waals surface area contributed by atoms with Crippen molar-refractivity contribution in [1.29, 1.82) is 0 Å². The van der Waals surface area contributed by atoms with Gasteiger partial charge in [0.1, 0.15) is 11.6 Å². The second-order valence-corrected chi connectivity index (χ2v) is 9.29. The van der Waals surface area contributed by atoms with Crippen LogP contribution in [0.5, 0.6) is 5.75 Å². The Kier molecular flexibility index (Phi) is 7.21. The lowest BCUT2D eigenvalue weighted by molar-refractivity contribution is 0.200. The third-order valence-corrected chi connectivity index (χ3v) is 6.63. The summed E-state index contributed by atoms with van der Waals surface area (Å²) in [5.41, 5.74) is 3.77. The van der Waals surface area contributed by atoms with Crippen LogP contribution >= 0.6 is 23.2 Å². The number of aryl methyl sites for hydroxylation is 1. The predicted octanol–water partition coefficient (Wildman–Crippen LogP) is 6.86. The van der Waals surface area contributed by atoms with Crippen LogP contribution in [0.15, 0.2) is 42.5 Å². The molecule has 0 bridgehead atoms. The fourth-order valence-corrected chi connectivity index (χ4v) is 4.55. The molecule has 2 heterocycles. The molecule has 1 saturated heterocycles. The van der Waals surface area contributed by atoms with E-state index in [1.807, 2.05) is 49.4 Å². The average molecular weight is 458 g/mol. The van der Waals surface area contributed by atoms with Gasteiger partial charge in [0.15, 0.2) is 0 Å². The van der Waals surface area contributed by atoms with Crippen LogP contribution in [-0.2, 0) is 0 Å². The van der Waals surface area contributed by atoms with E-state index in [0.717, 1.165) is 53.0 Å². The third-order valence-electron chi connectivity index (χ3n) is 6.06. The molecule has 1 fully saturated rings. The number of halogens is 2. The van der Waals surface area contributed by atoms with Crippen LogP contribution in [0.2, 0.25) is 10.0 Å². The Labute approximate surface area is 194 Å². The van der Waals surface area contributed by atoms with Gasteiger partial charge < -0.3 is 14.6 Å². The van der Waals surface area contributed by atoms with Gasteiger partial charge in [0.05, 0.1) is 17.3 Å². The third kappa shape index (κ3) is 5.62. The molecule has 3 aromatic rings. The predicted molar refractivity (Wildman–Crippen MR) is 129 cm³/mol. The molecule has 1 aromatic heterocycles. The molecule has 6 heteroatoms. The van der Waals surface area contributed by atoms with Crippen molar-refractivity contribution in [1.82, 2.24) is 14.9 Å². The van der Waals surface area contributed by atoms with Gasteiger partial charge in [0, 0.05) is 21.8 Å². The van der Waals surface area contributed by atoms with Crippen molar-refractivity contribution in [3.63, 3.8) is 0 Å². The quantitative estimate of drug-likeness (QED) is 0.393. The number of piperidine rings is 1. The summed E-state index contributed by atoms with van der Waals surface area (Å²) in [6.07, 6.45) is 4.92. The topological polar surface area (TPSA) is 41.1 Å². The van der Waals surface area contributed by atoms with Crippen LogP contribution in [0.1, 0.15) is 31.4 Å². The molecule has 0 aliphatic carbocycles. The normalized spacial score (nSPS) is 15.4. The summed E-state index contributed by atoms with van der Waals surface area (Å²) in [6, 6.07) is 13.5. The van der Waals surface area contributed by atoms with E-state index >= 15 is 0 Å². The first kappa shape index (κ1) is 22.2. The number of likely N-dealkylation sites (tertiary alicyclic amines) is 1. The lowest BCUT2D eigenvalue weighted by Gasteiger charge is -2.28. The summed E-state index contributed by atoms with van der Waals surface area (Å²) in [5.74, 6) is 2.39. The molecule has 0 spiro atoms. The zero-order chi connectivity index (χ0) is 21.8. The molecule has 1 N–H and O–H groups in total. The minimum Gasteiger partial charge on any atom is -0.494 e. The summed E-state index contributed by atoms with van der Waals surface area (Å²) in [7, 11) is 2.20. The standard InChI is InChI=1S/C25H29Cl2N3O/c1-17-24(19-5-7-20(26)8-6-19)29-25(28-17)22-10-9-21(16-23(22)27)31-15-3-4-18-11-13-30(2)14-12-18/h5-10,16,18H,3-4,11-15H2,1-2H3,(H,28,29). The number of benzene rings is 2. The summed E-state index contributed by atoms with van der Waals surface area (Å²) in [5, 5.41) is 1.34. The summed E-state index contributed by atoms with van der Waals surface area (Å²) in [4.78, 5) is 10.5. The molecule has 1 aliphatic heterocycles. The van der Waals surface area contributed by atoms with Crippen molar-refractivity contribution >= 4 is 23.2 Å². The van der Waals surface area contributed by atoms with E-state index in [9.17, 15) is 0 Å². The van der Waals surface area contributed by atoms with Crippen LogP contribution in [0.25, 0.3) is 22.6 Å². The van der Waals surface area contributed by atoms with Crippen molar-refractivity contribution in [2.24, 2.45) is 5.92 Å². The Bertz CT molecular complexity index is 1010. The smallest absolute Gasteiger partial charge is 0.139 e. The van der Waals surface area contributed by atoms with Crippen LogP contribution in [0.3, 0.4) is 0 Å². The molecule has 2 aromatic carbocycles. The Morgan fingerprint density at radius 1 is 1.10 bits per heavy atom. The van der Waals surface area contributed by atoms with E-state index in [0.29, 0.717) is 10.0 Å². The van der Waals surface area contributed by atoms with Gasteiger partial charge in [-0.1, -0.05) is 35.3 Å². The van der Waals surface area contributed by atoms with Crippen molar-refractivity contribution in [2.75, 3.05) is 26.7 Å². The maximum Gasteiger partial charge on any atom is 0.139 e. The van der Waals surface area contributed by atoms with Gasteiger partial charge in [-0.2, -0.15) is 0 Å². The zero-order valence-corrected chi connectivity index (χ0v) is 19.6. The van der Waals surface area contributed by atoms with Crippen molar-refractivity contribution in [3.8, 4) is 28.4 Å². The molecule has 4 rings (SSSR count). The summed E-state index contributed by atoms with van der Waals surface area (Å²) < 4.78 is 5.96. The Morgan fingerprint density at radius 3 is 2.55 bits per heavy atom. The number of aromatic nitrogens is 2. The first-order valence-corrected chi connectivity index (χ1v) is 11.7. The molecular formula is C25H29Cl2N3O. The number of imidazole rings is 1. The van der Waals surface area contributed by atoms with Crippen LogP contribution in [0, 0.1) is 12.8 Å². The number of ether oxygens (including phenoxy) is 1. The van der Waals surface area contributed by atoms with Gasteiger partial charge in [-0.3, -0.25) is 0 Å². The number of hydrogen-bond donors (Lipinski definition) is 1. The molecule has 164 valence electrons. The number of nitrogens with zero attached hydrogens (tertiary/aromatic N) is 2. The Hall–Kier alpha value is -2.01. The minimum absolute atomic E-state index is 0.629. The van der Waals surface area contributed by atoms with E-state index in [2.05, 4.69) is 16.9 Å². The average Bonchev–Trinajstić information content (AvgIpc) is 3.14. The van der Waals surface area contributed by atoms with E-state index in [1.54, 1.807) is 0 Å². The number of nitrogens with one attached hydrogen (secondary N) is 1. The number of hydrogen-bond acceptors (Lipinski definition) is 3. The maximum atomic E-state index is 6.58. The first-order chi connectivity index (χ1) is 15.0. The Morgan fingerprint density at radius 2 is 1.84 bits per heavy atom. The second-order valence-electron chi connectivity index (χ2n) is 8.44. The number of aromatic amines is 1. The SMILES string of the molecule is Cc1[nH]c(-c2ccc(OCCCC3CCN(C)CC3)cc2Cl)nc1-c1ccc(Cl)cc1. The van der Waals surface area contributed by atoms with E-state index in [1.165, 1.54) is 32.4 Å². The maximum absolute atomic E-state index is 6.58. The second kappa shape index (κ2) is 10.1. The van der Waals surface area contributed by atoms with Gasteiger partial charge in [-0.05, 0) is 89.0 Å². The largest absolute Gasteiger partial charge is 0.494 e. The van der Waals surface area contributed by atoms with Gasteiger partial charge in [-0.15, -0.1) is 0 Å². The Balaban J connectivity index is 1.36. The fraction of sp³-hybridized carbons (Fsp3) is 0.400. The molecule has 0 amide bonds. The van der Waals surface area contributed by atoms with Gasteiger partial charge in [0.2, 0.25) is 0 Å². The molecular weight excluding hydrogens is 429 g/mol. The lowest BCUT2D eigenvalue weighted by atomic mass is 9.93. The highest BCUT2D eigenvalue weighted by Gasteiger charge is 2.16. The minimum atomic E-state index is 0.629. The highest BCUT2D eigenvalue weighted by Crippen LogP contribution is 2.33. The first-order valence-electron chi connectivity index (χ1n) is 10.9. The summed E-state index contributed by atoms with van der Waals surface area (Å²) in [6.45, 7) is 5.17. The monoisotopic (exact) mass is 457 g/mol.